The van der Waals surface area contributed by atoms with Crippen LogP contribution in [0.5, 0.6) is 0 Å². The number of hydrogen-bond donors (Lipinski definition) is 0. The first-order valence-corrected chi connectivity index (χ1v) is 3.32. The van der Waals surface area contributed by atoms with Gasteiger partial charge in [-0.15, -0.1) is 11.8 Å². The van der Waals surface area contributed by atoms with Crippen LogP contribution >= 0.6 is 11.8 Å². The molecule has 0 fully saturated rings. The molecule has 0 aromatic rings. The predicted molar refractivity (Wildman–Crippen MR) is 38.7 cm³/mol. The van der Waals surface area contributed by atoms with Gasteiger partial charge in [0.15, 0.2) is 0 Å². The van der Waals surface area contributed by atoms with E-state index in [1.165, 1.54) is 0 Å². The van der Waals surface area contributed by atoms with Gasteiger partial charge in [-0.3, -0.25) is 0 Å². The Kier molecular flexibility index (Phi) is 1.38. The predicted octanol–water partition coefficient (Wildman–Crippen LogP) is 1.53. The average Bonchev–Trinajstić information content (AvgIpc) is 1.65. The van der Waals surface area contributed by atoms with E-state index in [0.717, 1.165) is 0 Å². The molecule has 1 aliphatic heterocycles. The Bertz CT molecular complexity index is 137. The Hall–Kier alpha value is -0.310. The Morgan fingerprint density at radius 1 is 1.38 bits per heavy atom. The lowest BCUT2D eigenvalue weighted by atomic mass is 10.2. The molecule has 2 nitrogen and oxygen atoms in total. The third kappa shape index (κ3) is 1.33. The van der Waals surface area contributed by atoms with Gasteiger partial charge in [0, 0.05) is 6.21 Å². The van der Waals surface area contributed by atoms with E-state index in [1.807, 2.05) is 6.21 Å². The molecule has 0 aromatic carbocycles. The highest BCUT2D eigenvalue weighted by molar-refractivity contribution is 8.13. The molecule has 1 heterocycles. The van der Waals surface area contributed by atoms with Gasteiger partial charge >= 0.3 is 0 Å². The molecule has 0 saturated heterocycles. The SMILES string of the molecule is CC1(C)C=NN=CS1. The van der Waals surface area contributed by atoms with E-state index in [0.29, 0.717) is 0 Å². The standard InChI is InChI=1S/C5H8N2S/c1-5(2)3-6-7-4-8-5/h3-4H,1-2H3. The van der Waals surface area contributed by atoms with Gasteiger partial charge in [0.1, 0.15) is 0 Å². The Labute approximate surface area is 53.1 Å². The molecule has 0 amide bonds. The number of rotatable bonds is 0. The average molecular weight is 128 g/mol. The summed E-state index contributed by atoms with van der Waals surface area (Å²) in [6, 6.07) is 0. The summed E-state index contributed by atoms with van der Waals surface area (Å²) in [7, 11) is 0. The van der Waals surface area contributed by atoms with Crippen LogP contribution in [0.3, 0.4) is 0 Å². The number of nitrogens with zero attached hydrogens (tertiary/aromatic N) is 2. The molecule has 0 bridgehead atoms. The molecule has 3 heteroatoms. The highest BCUT2D eigenvalue weighted by atomic mass is 32.2. The topological polar surface area (TPSA) is 24.7 Å². The molecule has 0 saturated carbocycles. The largest absolute Gasteiger partial charge is 0.162 e. The molecule has 0 radical (unpaired) electrons. The van der Waals surface area contributed by atoms with Crippen molar-refractivity contribution in [2.45, 2.75) is 18.6 Å². The van der Waals surface area contributed by atoms with Gasteiger partial charge in [-0.25, -0.2) is 0 Å². The van der Waals surface area contributed by atoms with Crippen molar-refractivity contribution in [1.29, 1.82) is 0 Å². The fourth-order valence-electron chi connectivity index (χ4n) is 0.389. The lowest BCUT2D eigenvalue weighted by molar-refractivity contribution is 0.964. The Morgan fingerprint density at radius 2 is 2.12 bits per heavy atom. The summed E-state index contributed by atoms with van der Waals surface area (Å²) < 4.78 is 0.155. The van der Waals surface area contributed by atoms with Gasteiger partial charge in [0.05, 0.1) is 10.3 Å². The van der Waals surface area contributed by atoms with E-state index in [-0.39, 0.29) is 4.75 Å². The summed E-state index contributed by atoms with van der Waals surface area (Å²) in [5.74, 6) is 0. The molecule has 1 rings (SSSR count). The summed E-state index contributed by atoms with van der Waals surface area (Å²) in [5, 5.41) is 7.43. The van der Waals surface area contributed by atoms with Crippen LogP contribution in [0.1, 0.15) is 13.8 Å². The van der Waals surface area contributed by atoms with Crippen LogP contribution in [-0.2, 0) is 0 Å². The molecule has 8 heavy (non-hydrogen) atoms. The Morgan fingerprint density at radius 3 is 2.38 bits per heavy atom. The van der Waals surface area contributed by atoms with Crippen LogP contribution in [0.2, 0.25) is 0 Å². The molecule has 44 valence electrons. The maximum atomic E-state index is 3.75. The van der Waals surface area contributed by atoms with Crippen LogP contribution in [0.4, 0.5) is 0 Å². The smallest absolute Gasteiger partial charge is 0.0833 e. The lowest BCUT2D eigenvalue weighted by Gasteiger charge is -2.15. The molecular formula is C5H8N2S. The molecule has 1 aliphatic rings. The summed E-state index contributed by atoms with van der Waals surface area (Å²) in [6.07, 6.45) is 1.84. The second-order valence-electron chi connectivity index (χ2n) is 2.19. The van der Waals surface area contributed by atoms with Crippen LogP contribution in [0.15, 0.2) is 10.2 Å². The van der Waals surface area contributed by atoms with Crippen molar-refractivity contribution in [2.75, 3.05) is 0 Å². The fraction of sp³-hybridized carbons (Fsp3) is 0.600. The van der Waals surface area contributed by atoms with Gasteiger partial charge in [-0.1, -0.05) is 0 Å². The summed E-state index contributed by atoms with van der Waals surface area (Å²) in [4.78, 5) is 0. The van der Waals surface area contributed by atoms with E-state index in [1.54, 1.807) is 17.3 Å². The van der Waals surface area contributed by atoms with Gasteiger partial charge in [-0.05, 0) is 13.8 Å². The van der Waals surface area contributed by atoms with Crippen molar-refractivity contribution >= 4 is 23.5 Å². The normalized spacial score (nSPS) is 23.8. The first-order valence-electron chi connectivity index (χ1n) is 2.44. The molecule has 0 aliphatic carbocycles. The van der Waals surface area contributed by atoms with Crippen LogP contribution in [0.25, 0.3) is 0 Å². The number of hydrogen-bond acceptors (Lipinski definition) is 3. The van der Waals surface area contributed by atoms with Crippen molar-refractivity contribution in [2.24, 2.45) is 10.2 Å². The minimum absolute atomic E-state index is 0.155. The Balaban J connectivity index is 2.65. The van der Waals surface area contributed by atoms with Crippen molar-refractivity contribution < 1.29 is 0 Å². The summed E-state index contributed by atoms with van der Waals surface area (Å²) in [5.41, 5.74) is 1.76. The lowest BCUT2D eigenvalue weighted by Crippen LogP contribution is -2.17. The molecule has 0 N–H and O–H groups in total. The van der Waals surface area contributed by atoms with Gasteiger partial charge in [-0.2, -0.15) is 10.2 Å². The molecule has 0 unspecified atom stereocenters. The molecular weight excluding hydrogens is 120 g/mol. The van der Waals surface area contributed by atoms with Gasteiger partial charge in [0.25, 0.3) is 0 Å². The van der Waals surface area contributed by atoms with Crippen LogP contribution < -0.4 is 0 Å². The minimum atomic E-state index is 0.155. The zero-order valence-electron chi connectivity index (χ0n) is 4.96. The van der Waals surface area contributed by atoms with Gasteiger partial charge < -0.3 is 0 Å². The number of thioether (sulfide) groups is 1. The maximum absolute atomic E-state index is 3.75. The third-order valence-corrected chi connectivity index (χ3v) is 1.75. The molecule has 0 atom stereocenters. The molecule has 0 spiro atoms. The fourth-order valence-corrected chi connectivity index (χ4v) is 0.871. The van der Waals surface area contributed by atoms with Crippen molar-refractivity contribution in [3.63, 3.8) is 0 Å². The van der Waals surface area contributed by atoms with E-state index >= 15 is 0 Å². The second-order valence-corrected chi connectivity index (χ2v) is 3.69. The molecule has 0 aromatic heterocycles. The van der Waals surface area contributed by atoms with E-state index in [4.69, 9.17) is 0 Å². The monoisotopic (exact) mass is 128 g/mol. The van der Waals surface area contributed by atoms with Crippen molar-refractivity contribution in [1.82, 2.24) is 0 Å². The van der Waals surface area contributed by atoms with Crippen LogP contribution in [0, 0.1) is 0 Å². The quantitative estimate of drug-likeness (QED) is 0.485. The highest BCUT2D eigenvalue weighted by Crippen LogP contribution is 2.21. The maximum Gasteiger partial charge on any atom is 0.0833 e. The minimum Gasteiger partial charge on any atom is -0.162 e. The second kappa shape index (κ2) is 1.90. The zero-order valence-corrected chi connectivity index (χ0v) is 5.77. The summed E-state index contributed by atoms with van der Waals surface area (Å²) >= 11 is 1.68. The van der Waals surface area contributed by atoms with Crippen molar-refractivity contribution in [3.8, 4) is 0 Å². The van der Waals surface area contributed by atoms with Crippen molar-refractivity contribution in [3.05, 3.63) is 0 Å². The third-order valence-electron chi connectivity index (χ3n) is 0.839. The van der Waals surface area contributed by atoms with Gasteiger partial charge in [0.2, 0.25) is 0 Å². The van der Waals surface area contributed by atoms with Crippen LogP contribution in [-0.4, -0.2) is 16.5 Å². The summed E-state index contributed by atoms with van der Waals surface area (Å²) in [6.45, 7) is 4.21. The first-order chi connectivity index (χ1) is 3.71. The zero-order chi connectivity index (χ0) is 6.04. The first kappa shape index (κ1) is 5.82. The van der Waals surface area contributed by atoms with E-state index in [9.17, 15) is 0 Å². The highest BCUT2D eigenvalue weighted by Gasteiger charge is 2.15. The van der Waals surface area contributed by atoms with E-state index in [2.05, 4.69) is 24.1 Å². The van der Waals surface area contributed by atoms with E-state index < -0.39 is 0 Å².